The number of nitrogens with one attached hydrogen (secondary N) is 1. The first-order valence-electron chi connectivity index (χ1n) is 7.02. The van der Waals surface area contributed by atoms with Crippen LogP contribution >= 0.6 is 0 Å². The summed E-state index contributed by atoms with van der Waals surface area (Å²) in [4.78, 5) is 11.9. The van der Waals surface area contributed by atoms with Gasteiger partial charge < -0.3 is 20.1 Å². The molecule has 5 nitrogen and oxygen atoms in total. The van der Waals surface area contributed by atoms with Crippen LogP contribution in [0.25, 0.3) is 0 Å². The summed E-state index contributed by atoms with van der Waals surface area (Å²) in [6, 6.07) is 18.3. The number of para-hydroxylation sites is 1. The van der Waals surface area contributed by atoms with Gasteiger partial charge in [0, 0.05) is 0 Å². The topological polar surface area (TPSA) is 78.8 Å². The number of carbonyl (C=O) groups excluding carboxylic acids is 1. The van der Waals surface area contributed by atoms with Crippen molar-refractivity contribution in [1.29, 1.82) is 0 Å². The van der Waals surface area contributed by atoms with Gasteiger partial charge in [-0.05, 0) is 24.1 Å². The highest BCUT2D eigenvalue weighted by molar-refractivity contribution is 6.43. The maximum Gasteiger partial charge on any atom is 0.475 e. The second-order valence-electron chi connectivity index (χ2n) is 4.88. The molecule has 114 valence electrons. The molecule has 1 amide bonds. The third-order valence-corrected chi connectivity index (χ3v) is 3.12. The summed E-state index contributed by atoms with van der Waals surface area (Å²) in [5.41, 5.74) is 0.907. The van der Waals surface area contributed by atoms with Crippen LogP contribution in [0.1, 0.15) is 5.56 Å². The van der Waals surface area contributed by atoms with Crippen LogP contribution in [-0.2, 0) is 11.2 Å². The molecular formula is C16H18BNO4. The fraction of sp³-hybridized carbons (Fsp3) is 0.188. The van der Waals surface area contributed by atoms with Crippen LogP contribution in [0.2, 0.25) is 0 Å². The summed E-state index contributed by atoms with van der Waals surface area (Å²) in [6.45, 7) is -0.179. The van der Waals surface area contributed by atoms with Gasteiger partial charge in [0.25, 0.3) is 5.91 Å². The second kappa shape index (κ2) is 8.21. The van der Waals surface area contributed by atoms with Crippen LogP contribution < -0.4 is 10.1 Å². The van der Waals surface area contributed by atoms with Crippen molar-refractivity contribution in [1.82, 2.24) is 5.32 Å². The maximum absolute atomic E-state index is 11.9. The molecule has 6 heteroatoms. The molecule has 0 heterocycles. The highest BCUT2D eigenvalue weighted by atomic mass is 16.5. The lowest BCUT2D eigenvalue weighted by molar-refractivity contribution is -0.123. The molecule has 0 aliphatic rings. The van der Waals surface area contributed by atoms with Crippen molar-refractivity contribution in [2.75, 3.05) is 6.61 Å². The number of hydrogen-bond acceptors (Lipinski definition) is 4. The average molecular weight is 299 g/mol. The molecule has 0 saturated heterocycles. The van der Waals surface area contributed by atoms with E-state index in [2.05, 4.69) is 5.32 Å². The zero-order chi connectivity index (χ0) is 15.8. The Kier molecular flexibility index (Phi) is 6.00. The Labute approximate surface area is 129 Å². The average Bonchev–Trinajstić information content (AvgIpc) is 2.54. The van der Waals surface area contributed by atoms with Crippen molar-refractivity contribution < 1.29 is 19.6 Å². The van der Waals surface area contributed by atoms with E-state index in [0.29, 0.717) is 12.2 Å². The summed E-state index contributed by atoms with van der Waals surface area (Å²) < 4.78 is 5.32. The van der Waals surface area contributed by atoms with Gasteiger partial charge in [0.15, 0.2) is 6.61 Å². The smallest absolute Gasteiger partial charge is 0.475 e. The van der Waals surface area contributed by atoms with E-state index in [0.717, 1.165) is 5.56 Å². The first kappa shape index (κ1) is 16.1. The van der Waals surface area contributed by atoms with Crippen LogP contribution in [0.4, 0.5) is 0 Å². The van der Waals surface area contributed by atoms with Crippen molar-refractivity contribution in [2.45, 2.75) is 12.4 Å². The lowest BCUT2D eigenvalue weighted by Gasteiger charge is -2.18. The molecule has 0 aromatic heterocycles. The summed E-state index contributed by atoms with van der Waals surface area (Å²) in [5, 5.41) is 21.4. The first-order chi connectivity index (χ1) is 10.6. The standard InChI is InChI=1S/C16H18BNO4/c19-16(12-22-14-9-5-2-6-10-14)18-15(17(20)21)11-13-7-3-1-4-8-13/h1-10,15,20-21H,11-12H2,(H,18,19)/t15-/m0/s1. The molecule has 0 unspecified atom stereocenters. The van der Waals surface area contributed by atoms with Crippen molar-refractivity contribution in [3.63, 3.8) is 0 Å². The molecule has 0 aliphatic heterocycles. The highest BCUT2D eigenvalue weighted by Crippen LogP contribution is 2.08. The SMILES string of the molecule is O=C(COc1ccccc1)N[C@@H](Cc1ccccc1)B(O)O. The van der Waals surface area contributed by atoms with Gasteiger partial charge in [-0.15, -0.1) is 0 Å². The summed E-state index contributed by atoms with van der Waals surface area (Å²) in [6.07, 6.45) is 0.329. The van der Waals surface area contributed by atoms with E-state index in [1.165, 1.54) is 0 Å². The van der Waals surface area contributed by atoms with Crippen LogP contribution in [0, 0.1) is 0 Å². The summed E-state index contributed by atoms with van der Waals surface area (Å²) in [7, 11) is -1.64. The molecule has 0 radical (unpaired) electrons. The minimum absolute atomic E-state index is 0.179. The van der Waals surface area contributed by atoms with Crippen molar-refractivity contribution >= 4 is 13.0 Å². The molecule has 0 saturated carbocycles. The molecule has 2 aromatic rings. The van der Waals surface area contributed by atoms with Gasteiger partial charge in [0.1, 0.15) is 5.75 Å². The minimum Gasteiger partial charge on any atom is -0.484 e. The van der Waals surface area contributed by atoms with E-state index < -0.39 is 19.0 Å². The van der Waals surface area contributed by atoms with E-state index in [4.69, 9.17) is 4.74 Å². The highest BCUT2D eigenvalue weighted by Gasteiger charge is 2.25. The number of amides is 1. The number of ether oxygens (including phenoxy) is 1. The molecule has 0 bridgehead atoms. The van der Waals surface area contributed by atoms with E-state index in [1.54, 1.807) is 12.1 Å². The molecule has 1 atom stereocenters. The molecule has 2 aromatic carbocycles. The fourth-order valence-corrected chi connectivity index (χ4v) is 2.01. The first-order valence-corrected chi connectivity index (χ1v) is 7.02. The number of rotatable bonds is 7. The van der Waals surface area contributed by atoms with Gasteiger partial charge in [-0.25, -0.2) is 0 Å². The van der Waals surface area contributed by atoms with Gasteiger partial charge >= 0.3 is 7.12 Å². The summed E-state index contributed by atoms with van der Waals surface area (Å²) in [5.74, 6) is -0.603. The normalized spacial score (nSPS) is 11.5. The van der Waals surface area contributed by atoms with Crippen LogP contribution in [-0.4, -0.2) is 35.6 Å². The van der Waals surface area contributed by atoms with Crippen LogP contribution in [0.5, 0.6) is 5.75 Å². The van der Waals surface area contributed by atoms with Crippen molar-refractivity contribution in [3.05, 3.63) is 66.2 Å². The largest absolute Gasteiger partial charge is 0.484 e. The van der Waals surface area contributed by atoms with Gasteiger partial charge in [-0.3, -0.25) is 4.79 Å². The Bertz CT molecular complexity index is 577. The fourth-order valence-electron chi connectivity index (χ4n) is 2.01. The lowest BCUT2D eigenvalue weighted by atomic mass is 9.76. The quantitative estimate of drug-likeness (QED) is 0.661. The van der Waals surface area contributed by atoms with Crippen molar-refractivity contribution in [2.24, 2.45) is 0 Å². The third kappa shape index (κ3) is 5.23. The van der Waals surface area contributed by atoms with Gasteiger partial charge in [-0.2, -0.15) is 0 Å². The van der Waals surface area contributed by atoms with Crippen LogP contribution in [0.15, 0.2) is 60.7 Å². The predicted octanol–water partition coefficient (Wildman–Crippen LogP) is 0.805. The zero-order valence-electron chi connectivity index (χ0n) is 12.1. The molecular weight excluding hydrogens is 281 g/mol. The third-order valence-electron chi connectivity index (χ3n) is 3.12. The second-order valence-corrected chi connectivity index (χ2v) is 4.88. The Morgan fingerprint density at radius 3 is 2.23 bits per heavy atom. The number of carbonyl (C=O) groups is 1. The molecule has 2 rings (SSSR count). The van der Waals surface area contributed by atoms with Gasteiger partial charge in [0.05, 0.1) is 5.94 Å². The maximum atomic E-state index is 11.9. The number of benzene rings is 2. The summed E-state index contributed by atoms with van der Waals surface area (Å²) >= 11 is 0. The van der Waals surface area contributed by atoms with E-state index in [-0.39, 0.29) is 6.61 Å². The molecule has 0 spiro atoms. The lowest BCUT2D eigenvalue weighted by Crippen LogP contribution is -2.49. The van der Waals surface area contributed by atoms with E-state index >= 15 is 0 Å². The van der Waals surface area contributed by atoms with Gasteiger partial charge in [-0.1, -0.05) is 48.5 Å². The molecule has 22 heavy (non-hydrogen) atoms. The molecule has 0 fully saturated rings. The number of hydrogen-bond donors (Lipinski definition) is 3. The predicted molar refractivity (Wildman–Crippen MR) is 84.2 cm³/mol. The Balaban J connectivity index is 1.86. The monoisotopic (exact) mass is 299 g/mol. The molecule has 3 N–H and O–H groups in total. The minimum atomic E-state index is -1.64. The Morgan fingerprint density at radius 2 is 1.64 bits per heavy atom. The van der Waals surface area contributed by atoms with E-state index in [9.17, 15) is 14.8 Å². The van der Waals surface area contributed by atoms with Crippen LogP contribution in [0.3, 0.4) is 0 Å². The van der Waals surface area contributed by atoms with Gasteiger partial charge in [0.2, 0.25) is 0 Å². The zero-order valence-corrected chi connectivity index (χ0v) is 12.1. The van der Waals surface area contributed by atoms with Crippen molar-refractivity contribution in [3.8, 4) is 5.75 Å². The Morgan fingerprint density at radius 1 is 1.05 bits per heavy atom. The Hall–Kier alpha value is -2.31. The molecule has 0 aliphatic carbocycles. The van der Waals surface area contributed by atoms with E-state index in [1.807, 2.05) is 48.5 Å².